The van der Waals surface area contributed by atoms with E-state index in [4.69, 9.17) is 9.26 Å². The fourth-order valence-electron chi connectivity index (χ4n) is 2.12. The van der Waals surface area contributed by atoms with Crippen LogP contribution in [-0.2, 0) is 6.42 Å². The molecule has 0 bridgehead atoms. The van der Waals surface area contributed by atoms with Crippen molar-refractivity contribution in [3.63, 3.8) is 0 Å². The SMILES string of the molecule is CCOc1ccc(Nc2ncnc3onc(CC)c23)cc1. The van der Waals surface area contributed by atoms with Crippen LogP contribution in [-0.4, -0.2) is 21.7 Å². The summed E-state index contributed by atoms with van der Waals surface area (Å²) < 4.78 is 10.6. The van der Waals surface area contributed by atoms with Crippen molar-refractivity contribution in [2.45, 2.75) is 20.3 Å². The predicted molar refractivity (Wildman–Crippen MR) is 79.9 cm³/mol. The van der Waals surface area contributed by atoms with Crippen LogP contribution in [0.4, 0.5) is 11.5 Å². The zero-order chi connectivity index (χ0) is 14.7. The molecular formula is C15H16N4O2. The largest absolute Gasteiger partial charge is 0.494 e. The third-order valence-corrected chi connectivity index (χ3v) is 3.11. The molecule has 1 N–H and O–H groups in total. The van der Waals surface area contributed by atoms with Gasteiger partial charge in [0.25, 0.3) is 5.71 Å². The number of aryl methyl sites for hydroxylation is 1. The number of fused-ring (bicyclic) bond motifs is 1. The smallest absolute Gasteiger partial charge is 0.263 e. The van der Waals surface area contributed by atoms with Gasteiger partial charge in [-0.1, -0.05) is 12.1 Å². The van der Waals surface area contributed by atoms with Crippen molar-refractivity contribution in [1.29, 1.82) is 0 Å². The Morgan fingerprint density at radius 1 is 1.14 bits per heavy atom. The Labute approximate surface area is 122 Å². The van der Waals surface area contributed by atoms with Crippen molar-refractivity contribution in [2.24, 2.45) is 0 Å². The summed E-state index contributed by atoms with van der Waals surface area (Å²) in [6.07, 6.45) is 2.22. The standard InChI is InChI=1S/C15H16N4O2/c1-3-12-13-14(16-9-17-15(13)21-19-12)18-10-5-7-11(8-6-10)20-4-2/h5-9H,3-4H2,1-2H3,(H,16,17,18). The molecule has 0 aliphatic heterocycles. The van der Waals surface area contributed by atoms with Gasteiger partial charge in [-0.25, -0.2) is 4.98 Å². The summed E-state index contributed by atoms with van der Waals surface area (Å²) in [7, 11) is 0. The average molecular weight is 284 g/mol. The molecule has 6 heteroatoms. The van der Waals surface area contributed by atoms with E-state index in [0.717, 1.165) is 28.9 Å². The van der Waals surface area contributed by atoms with E-state index in [1.807, 2.05) is 38.1 Å². The Balaban J connectivity index is 1.92. The lowest BCUT2D eigenvalue weighted by Crippen LogP contribution is -1.97. The summed E-state index contributed by atoms with van der Waals surface area (Å²) in [5, 5.41) is 8.12. The van der Waals surface area contributed by atoms with Gasteiger partial charge in [0, 0.05) is 5.69 Å². The Hall–Kier alpha value is -2.63. The van der Waals surface area contributed by atoms with Gasteiger partial charge in [-0.2, -0.15) is 4.98 Å². The minimum absolute atomic E-state index is 0.496. The molecule has 6 nitrogen and oxygen atoms in total. The molecule has 0 aliphatic rings. The van der Waals surface area contributed by atoms with E-state index in [9.17, 15) is 0 Å². The summed E-state index contributed by atoms with van der Waals surface area (Å²) in [4.78, 5) is 8.38. The molecule has 0 aliphatic carbocycles. The fraction of sp³-hybridized carbons (Fsp3) is 0.267. The Kier molecular flexibility index (Phi) is 3.68. The van der Waals surface area contributed by atoms with E-state index in [1.54, 1.807) is 0 Å². The maximum atomic E-state index is 5.43. The zero-order valence-corrected chi connectivity index (χ0v) is 12.0. The lowest BCUT2D eigenvalue weighted by Gasteiger charge is -2.08. The van der Waals surface area contributed by atoms with E-state index in [0.29, 0.717) is 18.1 Å². The van der Waals surface area contributed by atoms with Gasteiger partial charge in [-0.15, -0.1) is 0 Å². The third-order valence-electron chi connectivity index (χ3n) is 3.11. The van der Waals surface area contributed by atoms with E-state index >= 15 is 0 Å². The van der Waals surface area contributed by atoms with Crippen LogP contribution in [0.3, 0.4) is 0 Å². The lowest BCUT2D eigenvalue weighted by molar-refractivity contribution is 0.340. The molecular weight excluding hydrogens is 268 g/mol. The first-order valence-electron chi connectivity index (χ1n) is 6.91. The van der Waals surface area contributed by atoms with Crippen molar-refractivity contribution in [2.75, 3.05) is 11.9 Å². The molecule has 0 amide bonds. The first-order chi connectivity index (χ1) is 10.3. The molecule has 3 aromatic rings. The van der Waals surface area contributed by atoms with Crippen LogP contribution in [0.5, 0.6) is 5.75 Å². The molecule has 0 unspecified atom stereocenters. The number of aromatic nitrogens is 3. The normalized spacial score (nSPS) is 10.8. The van der Waals surface area contributed by atoms with E-state index in [2.05, 4.69) is 20.4 Å². The first kappa shape index (κ1) is 13.4. The van der Waals surface area contributed by atoms with Gasteiger partial charge in [-0.3, -0.25) is 0 Å². The Morgan fingerprint density at radius 3 is 2.67 bits per heavy atom. The quantitative estimate of drug-likeness (QED) is 0.774. The van der Waals surface area contributed by atoms with Crippen LogP contribution in [0.2, 0.25) is 0 Å². The van der Waals surface area contributed by atoms with Crippen LogP contribution < -0.4 is 10.1 Å². The van der Waals surface area contributed by atoms with Gasteiger partial charge in [-0.05, 0) is 37.6 Å². The van der Waals surface area contributed by atoms with Gasteiger partial charge in [0.05, 0.1) is 12.3 Å². The molecule has 2 aromatic heterocycles. The molecule has 0 saturated heterocycles. The molecule has 1 aromatic carbocycles. The lowest BCUT2D eigenvalue weighted by atomic mass is 10.2. The molecule has 0 spiro atoms. The maximum absolute atomic E-state index is 5.43. The topological polar surface area (TPSA) is 73.1 Å². The first-order valence-corrected chi connectivity index (χ1v) is 6.91. The highest BCUT2D eigenvalue weighted by Gasteiger charge is 2.13. The van der Waals surface area contributed by atoms with Crippen molar-refractivity contribution in [3.8, 4) is 5.75 Å². The molecule has 108 valence electrons. The maximum Gasteiger partial charge on any atom is 0.263 e. The molecule has 0 saturated carbocycles. The molecule has 0 atom stereocenters. The highest BCUT2D eigenvalue weighted by molar-refractivity contribution is 5.89. The molecule has 3 rings (SSSR count). The number of nitrogens with zero attached hydrogens (tertiary/aromatic N) is 3. The minimum atomic E-state index is 0.496. The van der Waals surface area contributed by atoms with Crippen LogP contribution in [0.1, 0.15) is 19.5 Å². The van der Waals surface area contributed by atoms with E-state index in [-0.39, 0.29) is 0 Å². The molecule has 21 heavy (non-hydrogen) atoms. The van der Waals surface area contributed by atoms with E-state index in [1.165, 1.54) is 6.33 Å². The number of hydrogen-bond acceptors (Lipinski definition) is 6. The summed E-state index contributed by atoms with van der Waals surface area (Å²) >= 11 is 0. The van der Waals surface area contributed by atoms with Crippen LogP contribution >= 0.6 is 0 Å². The summed E-state index contributed by atoms with van der Waals surface area (Å²) in [6, 6.07) is 7.72. The van der Waals surface area contributed by atoms with Gasteiger partial charge in [0.15, 0.2) is 0 Å². The van der Waals surface area contributed by atoms with Gasteiger partial charge >= 0.3 is 0 Å². The van der Waals surface area contributed by atoms with Crippen LogP contribution in [0, 0.1) is 0 Å². The van der Waals surface area contributed by atoms with E-state index < -0.39 is 0 Å². The highest BCUT2D eigenvalue weighted by atomic mass is 16.5. The van der Waals surface area contributed by atoms with Crippen LogP contribution in [0.25, 0.3) is 11.1 Å². The third kappa shape index (κ3) is 2.65. The summed E-state index contributed by atoms with van der Waals surface area (Å²) in [5.74, 6) is 1.54. The summed E-state index contributed by atoms with van der Waals surface area (Å²) in [5.41, 5.74) is 2.26. The Bertz CT molecular complexity index is 737. The second kappa shape index (κ2) is 5.78. The number of hydrogen-bond donors (Lipinski definition) is 1. The van der Waals surface area contributed by atoms with Gasteiger partial charge in [0.2, 0.25) is 0 Å². The number of anilines is 2. The highest BCUT2D eigenvalue weighted by Crippen LogP contribution is 2.27. The molecule has 2 heterocycles. The van der Waals surface area contributed by atoms with Crippen molar-refractivity contribution in [1.82, 2.24) is 15.1 Å². The minimum Gasteiger partial charge on any atom is -0.494 e. The predicted octanol–water partition coefficient (Wildman–Crippen LogP) is 3.32. The fourth-order valence-corrected chi connectivity index (χ4v) is 2.12. The average Bonchev–Trinajstić information content (AvgIpc) is 2.94. The molecule has 0 fully saturated rings. The zero-order valence-electron chi connectivity index (χ0n) is 12.0. The van der Waals surface area contributed by atoms with Crippen molar-refractivity contribution in [3.05, 3.63) is 36.3 Å². The molecule has 0 radical (unpaired) electrons. The van der Waals surface area contributed by atoms with Gasteiger partial charge < -0.3 is 14.6 Å². The summed E-state index contributed by atoms with van der Waals surface area (Å²) in [6.45, 7) is 4.63. The Morgan fingerprint density at radius 2 is 1.95 bits per heavy atom. The van der Waals surface area contributed by atoms with Gasteiger partial charge in [0.1, 0.15) is 23.3 Å². The number of nitrogens with one attached hydrogen (secondary N) is 1. The number of ether oxygens (including phenoxy) is 1. The van der Waals surface area contributed by atoms with Crippen LogP contribution in [0.15, 0.2) is 35.1 Å². The van der Waals surface area contributed by atoms with Crippen molar-refractivity contribution < 1.29 is 9.26 Å². The monoisotopic (exact) mass is 284 g/mol. The second-order valence-corrected chi connectivity index (χ2v) is 4.47. The second-order valence-electron chi connectivity index (χ2n) is 4.47. The number of benzene rings is 1. The van der Waals surface area contributed by atoms with Crippen molar-refractivity contribution >= 4 is 22.6 Å². The number of rotatable bonds is 5.